The highest BCUT2D eigenvalue weighted by atomic mass is 19.1. The summed E-state index contributed by atoms with van der Waals surface area (Å²) in [5.74, 6) is -0.666. The summed E-state index contributed by atoms with van der Waals surface area (Å²) in [7, 11) is 0. The van der Waals surface area contributed by atoms with Gasteiger partial charge in [-0.2, -0.15) is 0 Å². The number of fused-ring (bicyclic) bond motifs is 1. The van der Waals surface area contributed by atoms with E-state index in [9.17, 15) is 14.0 Å². The van der Waals surface area contributed by atoms with Crippen LogP contribution < -0.4 is 5.32 Å². The van der Waals surface area contributed by atoms with Gasteiger partial charge in [0, 0.05) is 29.6 Å². The van der Waals surface area contributed by atoms with Gasteiger partial charge in [0.2, 0.25) is 5.91 Å². The van der Waals surface area contributed by atoms with Crippen molar-refractivity contribution in [2.45, 2.75) is 25.9 Å². The SMILES string of the molecule is CC1C(=O)NCCCN1C(=O)c1cc2ccccc2n1Cc1ccccc1F. The number of nitrogens with zero attached hydrogens (tertiary/aromatic N) is 2. The smallest absolute Gasteiger partial charge is 0.271 e. The zero-order chi connectivity index (χ0) is 19.7. The van der Waals surface area contributed by atoms with Crippen LogP contribution in [0, 0.1) is 5.82 Å². The molecule has 1 atom stereocenters. The molecule has 5 nitrogen and oxygen atoms in total. The number of hydrogen-bond acceptors (Lipinski definition) is 2. The number of hydrogen-bond donors (Lipinski definition) is 1. The van der Waals surface area contributed by atoms with E-state index in [0.717, 1.165) is 10.9 Å². The van der Waals surface area contributed by atoms with Crippen molar-refractivity contribution in [1.29, 1.82) is 0 Å². The van der Waals surface area contributed by atoms with E-state index in [0.29, 0.717) is 30.8 Å². The Morgan fingerprint density at radius 2 is 1.93 bits per heavy atom. The first-order valence-electron chi connectivity index (χ1n) is 9.46. The summed E-state index contributed by atoms with van der Waals surface area (Å²) in [6.45, 7) is 3.04. The molecule has 0 spiro atoms. The fraction of sp³-hybridized carbons (Fsp3) is 0.273. The first kappa shape index (κ1) is 18.2. The van der Waals surface area contributed by atoms with Gasteiger partial charge in [0.15, 0.2) is 0 Å². The monoisotopic (exact) mass is 379 g/mol. The number of rotatable bonds is 3. The second kappa shape index (κ2) is 7.46. The Hall–Kier alpha value is -3.15. The molecule has 1 aliphatic rings. The molecule has 1 saturated heterocycles. The lowest BCUT2D eigenvalue weighted by Crippen LogP contribution is -2.45. The fourth-order valence-electron chi connectivity index (χ4n) is 3.72. The third-order valence-corrected chi connectivity index (χ3v) is 5.30. The van der Waals surface area contributed by atoms with Crippen LogP contribution in [0.5, 0.6) is 0 Å². The molecule has 3 aromatic rings. The minimum absolute atomic E-state index is 0.150. The topological polar surface area (TPSA) is 54.3 Å². The number of carbonyl (C=O) groups is 2. The summed E-state index contributed by atoms with van der Waals surface area (Å²) in [6, 6.07) is 15.5. The van der Waals surface area contributed by atoms with Gasteiger partial charge < -0.3 is 14.8 Å². The Kier molecular flexibility index (Phi) is 4.86. The highest BCUT2D eigenvalue weighted by molar-refractivity contribution is 6.01. The molecule has 1 N–H and O–H groups in total. The minimum atomic E-state index is -0.546. The number of nitrogens with one attached hydrogen (secondary N) is 1. The molecule has 0 radical (unpaired) electrons. The minimum Gasteiger partial charge on any atom is -0.354 e. The summed E-state index contributed by atoms with van der Waals surface area (Å²) in [4.78, 5) is 27.2. The zero-order valence-corrected chi connectivity index (χ0v) is 15.7. The number of amides is 2. The summed E-state index contributed by atoms with van der Waals surface area (Å²) in [6.07, 6.45) is 0.704. The third-order valence-electron chi connectivity index (χ3n) is 5.30. The molecule has 6 heteroatoms. The van der Waals surface area contributed by atoms with E-state index in [2.05, 4.69) is 5.32 Å². The van der Waals surface area contributed by atoms with Gasteiger partial charge in [0.05, 0.1) is 6.54 Å². The lowest BCUT2D eigenvalue weighted by atomic mass is 10.2. The predicted octanol–water partition coefficient (Wildman–Crippen LogP) is 3.18. The zero-order valence-electron chi connectivity index (χ0n) is 15.7. The maximum Gasteiger partial charge on any atom is 0.271 e. The van der Waals surface area contributed by atoms with Gasteiger partial charge in [-0.1, -0.05) is 36.4 Å². The van der Waals surface area contributed by atoms with Crippen molar-refractivity contribution in [3.63, 3.8) is 0 Å². The van der Waals surface area contributed by atoms with Crippen LogP contribution in [0.25, 0.3) is 10.9 Å². The van der Waals surface area contributed by atoms with E-state index < -0.39 is 6.04 Å². The second-order valence-corrected chi connectivity index (χ2v) is 7.09. The summed E-state index contributed by atoms with van der Waals surface area (Å²) < 4.78 is 16.1. The van der Waals surface area contributed by atoms with Gasteiger partial charge in [0.25, 0.3) is 5.91 Å². The predicted molar refractivity (Wildman–Crippen MR) is 106 cm³/mol. The Labute approximate surface area is 162 Å². The van der Waals surface area contributed by atoms with Crippen LogP contribution >= 0.6 is 0 Å². The fourth-order valence-corrected chi connectivity index (χ4v) is 3.72. The van der Waals surface area contributed by atoms with Gasteiger partial charge >= 0.3 is 0 Å². The van der Waals surface area contributed by atoms with Crippen molar-refractivity contribution in [1.82, 2.24) is 14.8 Å². The number of benzene rings is 2. The van der Waals surface area contributed by atoms with Gasteiger partial charge in [0.1, 0.15) is 17.6 Å². The summed E-state index contributed by atoms with van der Waals surface area (Å²) >= 11 is 0. The maximum atomic E-state index is 14.3. The lowest BCUT2D eigenvalue weighted by molar-refractivity contribution is -0.124. The van der Waals surface area contributed by atoms with Crippen molar-refractivity contribution in [3.05, 3.63) is 71.7 Å². The summed E-state index contributed by atoms with van der Waals surface area (Å²) in [5.41, 5.74) is 1.84. The van der Waals surface area contributed by atoms with Crippen LogP contribution in [-0.2, 0) is 11.3 Å². The van der Waals surface area contributed by atoms with Crippen LogP contribution in [0.2, 0.25) is 0 Å². The average molecular weight is 379 g/mol. The van der Waals surface area contributed by atoms with Crippen LogP contribution in [-0.4, -0.2) is 40.4 Å². The van der Waals surface area contributed by atoms with E-state index in [-0.39, 0.29) is 24.2 Å². The highest BCUT2D eigenvalue weighted by Crippen LogP contribution is 2.24. The quantitative estimate of drug-likeness (QED) is 0.760. The van der Waals surface area contributed by atoms with Crippen LogP contribution in [0.15, 0.2) is 54.6 Å². The Balaban J connectivity index is 1.79. The molecule has 4 rings (SSSR count). The van der Waals surface area contributed by atoms with Gasteiger partial charge in [-0.15, -0.1) is 0 Å². The molecule has 1 aliphatic heterocycles. The number of aromatic nitrogens is 1. The molecule has 2 heterocycles. The Morgan fingerprint density at radius 3 is 2.75 bits per heavy atom. The molecule has 2 aromatic carbocycles. The molecule has 1 aromatic heterocycles. The first-order valence-corrected chi connectivity index (χ1v) is 9.46. The van der Waals surface area contributed by atoms with Crippen molar-refractivity contribution in [3.8, 4) is 0 Å². The normalized spacial score (nSPS) is 17.4. The largest absolute Gasteiger partial charge is 0.354 e. The molecule has 2 amide bonds. The lowest BCUT2D eigenvalue weighted by Gasteiger charge is -2.26. The number of para-hydroxylation sites is 1. The van der Waals surface area contributed by atoms with Crippen LogP contribution in [0.1, 0.15) is 29.4 Å². The van der Waals surface area contributed by atoms with E-state index in [1.165, 1.54) is 6.07 Å². The molecule has 1 fully saturated rings. The standard InChI is InChI=1S/C22H22FN3O2/c1-15-21(27)24-11-6-12-25(15)22(28)20-13-16-7-3-5-10-19(16)26(20)14-17-8-2-4-9-18(17)23/h2-5,7-10,13,15H,6,11-12,14H2,1H3,(H,24,27). The van der Waals surface area contributed by atoms with Crippen molar-refractivity contribution in [2.24, 2.45) is 0 Å². The molecule has 0 bridgehead atoms. The average Bonchev–Trinajstić information content (AvgIpc) is 2.98. The van der Waals surface area contributed by atoms with E-state index in [1.54, 1.807) is 30.0 Å². The molecule has 1 unspecified atom stereocenters. The van der Waals surface area contributed by atoms with E-state index >= 15 is 0 Å². The summed E-state index contributed by atoms with van der Waals surface area (Å²) in [5, 5.41) is 3.74. The van der Waals surface area contributed by atoms with Crippen LogP contribution in [0.3, 0.4) is 0 Å². The number of carbonyl (C=O) groups excluding carboxylic acids is 2. The molecule has 144 valence electrons. The maximum absolute atomic E-state index is 14.3. The van der Waals surface area contributed by atoms with Crippen LogP contribution in [0.4, 0.5) is 4.39 Å². The van der Waals surface area contributed by atoms with E-state index in [4.69, 9.17) is 0 Å². The molecule has 28 heavy (non-hydrogen) atoms. The van der Waals surface area contributed by atoms with Gasteiger partial charge in [-0.25, -0.2) is 4.39 Å². The van der Waals surface area contributed by atoms with Crippen molar-refractivity contribution in [2.75, 3.05) is 13.1 Å². The third kappa shape index (κ3) is 3.26. The molecule has 0 saturated carbocycles. The molecular weight excluding hydrogens is 357 g/mol. The van der Waals surface area contributed by atoms with Crippen molar-refractivity contribution >= 4 is 22.7 Å². The van der Waals surface area contributed by atoms with Crippen molar-refractivity contribution < 1.29 is 14.0 Å². The van der Waals surface area contributed by atoms with E-state index in [1.807, 2.05) is 34.9 Å². The Bertz CT molecular complexity index is 1040. The highest BCUT2D eigenvalue weighted by Gasteiger charge is 2.30. The second-order valence-electron chi connectivity index (χ2n) is 7.09. The Morgan fingerprint density at radius 1 is 1.18 bits per heavy atom. The first-order chi connectivity index (χ1) is 13.6. The molecular formula is C22H22FN3O2. The number of halogens is 1. The van der Waals surface area contributed by atoms with Gasteiger partial charge in [-0.3, -0.25) is 9.59 Å². The van der Waals surface area contributed by atoms with Gasteiger partial charge in [-0.05, 0) is 31.5 Å². The molecule has 0 aliphatic carbocycles.